The maximum Gasteiger partial charge on any atom is 0.119 e. The van der Waals surface area contributed by atoms with Gasteiger partial charge in [0.25, 0.3) is 0 Å². The van der Waals surface area contributed by atoms with E-state index >= 15 is 0 Å². The summed E-state index contributed by atoms with van der Waals surface area (Å²) in [5.74, 6) is 0.832. The Hall–Kier alpha value is -1.02. The molecule has 0 saturated heterocycles. The third-order valence-electron chi connectivity index (χ3n) is 2.70. The van der Waals surface area contributed by atoms with Gasteiger partial charge >= 0.3 is 0 Å². The van der Waals surface area contributed by atoms with Crippen molar-refractivity contribution in [1.29, 1.82) is 0 Å². The van der Waals surface area contributed by atoms with Gasteiger partial charge < -0.3 is 9.84 Å². The number of aliphatic hydroxyl groups is 1. The van der Waals surface area contributed by atoms with Crippen molar-refractivity contribution >= 4 is 0 Å². The lowest BCUT2D eigenvalue weighted by atomic mass is 9.90. The fraction of sp³-hybridized carbons (Fsp3) is 0.500. The van der Waals surface area contributed by atoms with E-state index in [2.05, 4.69) is 0 Å². The summed E-state index contributed by atoms with van der Waals surface area (Å²) in [6.45, 7) is 5.80. The third kappa shape index (κ3) is 2.07. The van der Waals surface area contributed by atoms with Crippen molar-refractivity contribution in [2.45, 2.75) is 32.8 Å². The van der Waals surface area contributed by atoms with E-state index in [0.29, 0.717) is 6.42 Å². The van der Waals surface area contributed by atoms with Crippen molar-refractivity contribution in [1.82, 2.24) is 0 Å². The van der Waals surface area contributed by atoms with E-state index in [1.807, 2.05) is 39.0 Å². The molecule has 0 saturated carbocycles. The normalized spacial score (nSPS) is 14.9. The molecular formula is C12H18O2. The summed E-state index contributed by atoms with van der Waals surface area (Å²) in [6, 6.07) is 5.75. The van der Waals surface area contributed by atoms with Crippen molar-refractivity contribution in [3.63, 3.8) is 0 Å². The van der Waals surface area contributed by atoms with Crippen molar-refractivity contribution in [2.24, 2.45) is 0 Å². The minimum absolute atomic E-state index is 0.709. The summed E-state index contributed by atoms with van der Waals surface area (Å²) in [5.41, 5.74) is 1.30. The number of ether oxygens (including phenoxy) is 1. The third-order valence-corrected chi connectivity index (χ3v) is 2.70. The average Bonchev–Trinajstić information content (AvgIpc) is 2.17. The van der Waals surface area contributed by atoms with Crippen LogP contribution in [0.5, 0.6) is 5.75 Å². The van der Waals surface area contributed by atoms with Gasteiger partial charge in [0, 0.05) is 0 Å². The standard InChI is InChI=1S/C12H18O2/c1-5-12(3,13)11-7-6-10(14-4)8-9(11)2/h6-8,13H,5H2,1-4H3. The Bertz CT molecular complexity index is 316. The van der Waals surface area contributed by atoms with Crippen LogP contribution < -0.4 is 4.74 Å². The molecule has 0 radical (unpaired) electrons. The molecule has 0 aromatic heterocycles. The van der Waals surface area contributed by atoms with Gasteiger partial charge in [0.15, 0.2) is 0 Å². The zero-order valence-corrected chi connectivity index (χ0v) is 9.29. The number of hydrogen-bond acceptors (Lipinski definition) is 2. The van der Waals surface area contributed by atoms with Crippen LogP contribution in [0.25, 0.3) is 0 Å². The zero-order chi connectivity index (χ0) is 10.8. The lowest BCUT2D eigenvalue weighted by Gasteiger charge is -2.24. The highest BCUT2D eigenvalue weighted by molar-refractivity contribution is 5.37. The topological polar surface area (TPSA) is 29.5 Å². The lowest BCUT2D eigenvalue weighted by molar-refractivity contribution is 0.0524. The molecule has 1 N–H and O–H groups in total. The zero-order valence-electron chi connectivity index (χ0n) is 9.29. The first kappa shape index (κ1) is 11.1. The molecule has 0 spiro atoms. The smallest absolute Gasteiger partial charge is 0.119 e. The van der Waals surface area contributed by atoms with Gasteiger partial charge in [-0.3, -0.25) is 0 Å². The van der Waals surface area contributed by atoms with Crippen molar-refractivity contribution in [3.05, 3.63) is 29.3 Å². The Kier molecular flexibility index (Phi) is 3.17. The summed E-state index contributed by atoms with van der Waals surface area (Å²) in [4.78, 5) is 0. The SMILES string of the molecule is CCC(C)(O)c1ccc(OC)cc1C. The number of hydrogen-bond donors (Lipinski definition) is 1. The highest BCUT2D eigenvalue weighted by atomic mass is 16.5. The molecule has 1 atom stereocenters. The molecule has 0 bridgehead atoms. The Labute approximate surface area is 85.5 Å². The van der Waals surface area contributed by atoms with Crippen molar-refractivity contribution in [3.8, 4) is 5.75 Å². The van der Waals surface area contributed by atoms with Gasteiger partial charge in [-0.2, -0.15) is 0 Å². The molecule has 0 fully saturated rings. The second kappa shape index (κ2) is 4.01. The van der Waals surface area contributed by atoms with Gasteiger partial charge in [0.1, 0.15) is 5.75 Å². The first-order chi connectivity index (χ1) is 6.51. The van der Waals surface area contributed by atoms with Crippen LogP contribution in [0.1, 0.15) is 31.4 Å². The fourth-order valence-electron chi connectivity index (χ4n) is 1.56. The molecule has 2 nitrogen and oxygen atoms in total. The molecule has 1 aromatic rings. The van der Waals surface area contributed by atoms with Gasteiger partial charge in [-0.25, -0.2) is 0 Å². The quantitative estimate of drug-likeness (QED) is 0.801. The molecule has 78 valence electrons. The van der Waals surface area contributed by atoms with Crippen LogP contribution in [-0.2, 0) is 5.60 Å². The van der Waals surface area contributed by atoms with Crippen molar-refractivity contribution < 1.29 is 9.84 Å². The maximum absolute atomic E-state index is 10.1. The average molecular weight is 194 g/mol. The molecule has 0 aliphatic heterocycles. The van der Waals surface area contributed by atoms with Gasteiger partial charge in [-0.1, -0.05) is 13.0 Å². The van der Waals surface area contributed by atoms with E-state index < -0.39 is 5.60 Å². The Morgan fingerprint density at radius 1 is 1.43 bits per heavy atom. The monoisotopic (exact) mass is 194 g/mol. The van der Waals surface area contributed by atoms with E-state index in [4.69, 9.17) is 4.74 Å². The molecule has 0 amide bonds. The summed E-state index contributed by atoms with van der Waals surface area (Å²) in [6.07, 6.45) is 0.709. The molecule has 0 heterocycles. The Balaban J connectivity index is 3.12. The second-order valence-corrected chi connectivity index (χ2v) is 3.81. The number of benzene rings is 1. The van der Waals surface area contributed by atoms with Crippen LogP contribution in [0, 0.1) is 6.92 Å². The van der Waals surface area contributed by atoms with E-state index in [9.17, 15) is 5.11 Å². The van der Waals surface area contributed by atoms with E-state index in [1.54, 1.807) is 7.11 Å². The predicted octanol–water partition coefficient (Wildman–Crippen LogP) is 2.62. The van der Waals surface area contributed by atoms with Crippen LogP contribution in [0.3, 0.4) is 0 Å². The van der Waals surface area contributed by atoms with E-state index in [0.717, 1.165) is 16.9 Å². The Morgan fingerprint density at radius 2 is 2.07 bits per heavy atom. The maximum atomic E-state index is 10.1. The van der Waals surface area contributed by atoms with Gasteiger partial charge in [-0.15, -0.1) is 0 Å². The molecule has 1 rings (SSSR count). The van der Waals surface area contributed by atoms with Gasteiger partial charge in [-0.05, 0) is 43.5 Å². The van der Waals surface area contributed by atoms with Gasteiger partial charge in [0.2, 0.25) is 0 Å². The molecule has 0 aliphatic carbocycles. The highest BCUT2D eigenvalue weighted by Crippen LogP contribution is 2.29. The first-order valence-corrected chi connectivity index (χ1v) is 4.88. The van der Waals surface area contributed by atoms with Crippen molar-refractivity contribution in [2.75, 3.05) is 7.11 Å². The summed E-state index contributed by atoms with van der Waals surface area (Å²) < 4.78 is 5.11. The molecular weight excluding hydrogens is 176 g/mol. The predicted molar refractivity (Wildman–Crippen MR) is 57.6 cm³/mol. The highest BCUT2D eigenvalue weighted by Gasteiger charge is 2.22. The van der Waals surface area contributed by atoms with Crippen LogP contribution in [0.15, 0.2) is 18.2 Å². The number of methoxy groups -OCH3 is 1. The van der Waals surface area contributed by atoms with E-state index in [-0.39, 0.29) is 0 Å². The Morgan fingerprint density at radius 3 is 2.50 bits per heavy atom. The first-order valence-electron chi connectivity index (χ1n) is 4.88. The van der Waals surface area contributed by atoms with Crippen LogP contribution in [0.4, 0.5) is 0 Å². The second-order valence-electron chi connectivity index (χ2n) is 3.81. The van der Waals surface area contributed by atoms with E-state index in [1.165, 1.54) is 0 Å². The fourth-order valence-corrected chi connectivity index (χ4v) is 1.56. The summed E-state index contributed by atoms with van der Waals surface area (Å²) in [7, 11) is 1.65. The summed E-state index contributed by atoms with van der Waals surface area (Å²) in [5, 5.41) is 10.1. The minimum Gasteiger partial charge on any atom is -0.497 e. The molecule has 14 heavy (non-hydrogen) atoms. The van der Waals surface area contributed by atoms with Gasteiger partial charge in [0.05, 0.1) is 12.7 Å². The molecule has 2 heteroatoms. The molecule has 0 aliphatic rings. The lowest BCUT2D eigenvalue weighted by Crippen LogP contribution is -2.20. The van der Waals surface area contributed by atoms with Crippen LogP contribution in [-0.4, -0.2) is 12.2 Å². The molecule has 1 aromatic carbocycles. The largest absolute Gasteiger partial charge is 0.497 e. The molecule has 1 unspecified atom stereocenters. The van der Waals surface area contributed by atoms with Crippen LogP contribution >= 0.6 is 0 Å². The number of rotatable bonds is 3. The van der Waals surface area contributed by atoms with Crippen LogP contribution in [0.2, 0.25) is 0 Å². The summed E-state index contributed by atoms with van der Waals surface area (Å²) >= 11 is 0. The minimum atomic E-state index is -0.740. The number of aryl methyl sites for hydroxylation is 1.